The Kier molecular flexibility index (Phi) is 6.34. The van der Waals surface area contributed by atoms with Gasteiger partial charge in [-0.3, -0.25) is 20.4 Å². The highest BCUT2D eigenvalue weighted by Gasteiger charge is 2.23. The number of carbonyl (C=O) groups excluding carboxylic acids is 2. The van der Waals surface area contributed by atoms with E-state index in [1.807, 2.05) is 19.1 Å². The lowest BCUT2D eigenvalue weighted by Gasteiger charge is -2.17. The molecule has 0 spiro atoms. The van der Waals surface area contributed by atoms with Crippen molar-refractivity contribution in [2.75, 3.05) is 13.6 Å². The first-order valence-corrected chi connectivity index (χ1v) is 10.9. The van der Waals surface area contributed by atoms with Crippen molar-refractivity contribution in [3.8, 4) is 0 Å². The summed E-state index contributed by atoms with van der Waals surface area (Å²) in [7, 11) is -2.46. The van der Waals surface area contributed by atoms with E-state index >= 15 is 0 Å². The van der Waals surface area contributed by atoms with Gasteiger partial charge >= 0.3 is 0 Å². The van der Waals surface area contributed by atoms with Crippen molar-refractivity contribution in [3.63, 3.8) is 0 Å². The highest BCUT2D eigenvalue weighted by molar-refractivity contribution is 7.89. The zero-order valence-corrected chi connectivity index (χ0v) is 17.4. The fraction of sp³-hybridized carbons (Fsp3) is 0.333. The molecule has 0 saturated heterocycles. The number of aryl methyl sites for hydroxylation is 3. The van der Waals surface area contributed by atoms with Crippen molar-refractivity contribution < 1.29 is 18.0 Å². The molecule has 2 aromatic carbocycles. The van der Waals surface area contributed by atoms with E-state index in [2.05, 4.69) is 16.9 Å². The molecule has 1 aliphatic rings. The van der Waals surface area contributed by atoms with E-state index in [4.69, 9.17) is 0 Å². The first-order valence-electron chi connectivity index (χ1n) is 9.47. The van der Waals surface area contributed by atoms with Gasteiger partial charge in [0.05, 0.1) is 17.9 Å². The van der Waals surface area contributed by atoms with Crippen LogP contribution in [0, 0.1) is 6.92 Å². The van der Waals surface area contributed by atoms with Crippen LogP contribution in [0.5, 0.6) is 0 Å². The van der Waals surface area contributed by atoms with Gasteiger partial charge in [-0.2, -0.15) is 4.31 Å². The van der Waals surface area contributed by atoms with Gasteiger partial charge < -0.3 is 0 Å². The minimum atomic E-state index is -3.78. The molecule has 0 unspecified atom stereocenters. The van der Waals surface area contributed by atoms with E-state index in [-0.39, 0.29) is 17.2 Å². The Labute approximate surface area is 171 Å². The summed E-state index contributed by atoms with van der Waals surface area (Å²) < 4.78 is 26.0. The largest absolute Gasteiger partial charge is 0.273 e. The van der Waals surface area contributed by atoms with Crippen LogP contribution in [-0.4, -0.2) is 38.1 Å². The third-order valence-corrected chi connectivity index (χ3v) is 6.78. The van der Waals surface area contributed by atoms with Gasteiger partial charge in [-0.15, -0.1) is 0 Å². The predicted octanol–water partition coefficient (Wildman–Crippen LogP) is 1.49. The topological polar surface area (TPSA) is 95.6 Å². The van der Waals surface area contributed by atoms with Crippen LogP contribution in [-0.2, 0) is 38.9 Å². The normalized spacial score (nSPS) is 13.2. The van der Waals surface area contributed by atoms with Gasteiger partial charge in [-0.05, 0) is 55.0 Å². The lowest BCUT2D eigenvalue weighted by atomic mass is 10.0. The Morgan fingerprint density at radius 2 is 1.62 bits per heavy atom. The second-order valence-corrected chi connectivity index (χ2v) is 9.35. The summed E-state index contributed by atoms with van der Waals surface area (Å²) in [6.45, 7) is 1.45. The molecule has 0 saturated carbocycles. The molecule has 7 nitrogen and oxygen atoms in total. The Balaban J connectivity index is 1.50. The Morgan fingerprint density at radius 3 is 2.34 bits per heavy atom. The molecule has 2 N–H and O–H groups in total. The van der Waals surface area contributed by atoms with E-state index < -0.39 is 22.5 Å². The van der Waals surface area contributed by atoms with Gasteiger partial charge in [0.1, 0.15) is 0 Å². The molecule has 0 fully saturated rings. The number of hydrazine groups is 1. The number of nitrogens with zero attached hydrogens (tertiary/aromatic N) is 1. The van der Waals surface area contributed by atoms with Crippen molar-refractivity contribution in [2.45, 2.75) is 37.5 Å². The number of amides is 2. The summed E-state index contributed by atoms with van der Waals surface area (Å²) in [6.07, 6.45) is 3.39. The third-order valence-electron chi connectivity index (χ3n) is 4.96. The number of benzene rings is 2. The van der Waals surface area contributed by atoms with Gasteiger partial charge in [0, 0.05) is 7.05 Å². The third kappa shape index (κ3) is 5.21. The Morgan fingerprint density at radius 1 is 0.966 bits per heavy atom. The maximum atomic E-state index is 12.5. The maximum Gasteiger partial charge on any atom is 0.253 e. The molecule has 0 atom stereocenters. The average Bonchev–Trinajstić information content (AvgIpc) is 3.14. The van der Waals surface area contributed by atoms with Crippen LogP contribution in [0.3, 0.4) is 0 Å². The monoisotopic (exact) mass is 415 g/mol. The lowest BCUT2D eigenvalue weighted by Crippen LogP contribution is -2.47. The van der Waals surface area contributed by atoms with Crippen LogP contribution < -0.4 is 10.9 Å². The molecule has 154 valence electrons. The summed E-state index contributed by atoms with van der Waals surface area (Å²) in [5.74, 6) is -0.981. The Hall–Kier alpha value is -2.71. The van der Waals surface area contributed by atoms with Gasteiger partial charge in [0.25, 0.3) is 5.91 Å². The summed E-state index contributed by atoms with van der Waals surface area (Å²) in [5, 5.41) is 0. The predicted molar refractivity (Wildman–Crippen MR) is 109 cm³/mol. The average molecular weight is 416 g/mol. The number of carbonyl (C=O) groups is 2. The van der Waals surface area contributed by atoms with E-state index in [1.165, 1.54) is 30.3 Å². The van der Waals surface area contributed by atoms with Crippen LogP contribution in [0.15, 0.2) is 47.4 Å². The van der Waals surface area contributed by atoms with Crippen LogP contribution in [0.4, 0.5) is 0 Å². The lowest BCUT2D eigenvalue weighted by molar-refractivity contribution is -0.128. The van der Waals surface area contributed by atoms with E-state index in [0.29, 0.717) is 0 Å². The minimum absolute atomic E-state index is 0.110. The maximum absolute atomic E-state index is 12.5. The van der Waals surface area contributed by atoms with Gasteiger partial charge in [-0.1, -0.05) is 35.9 Å². The van der Waals surface area contributed by atoms with Crippen molar-refractivity contribution >= 4 is 21.8 Å². The number of hydrogen-bond donors (Lipinski definition) is 2. The highest BCUT2D eigenvalue weighted by atomic mass is 32.2. The smallest absolute Gasteiger partial charge is 0.253 e. The van der Waals surface area contributed by atoms with Crippen molar-refractivity contribution in [3.05, 3.63) is 64.7 Å². The Bertz CT molecular complexity index is 1020. The zero-order chi connectivity index (χ0) is 21.0. The van der Waals surface area contributed by atoms with E-state index in [0.717, 1.165) is 34.7 Å². The number of sulfonamides is 1. The molecular weight excluding hydrogens is 390 g/mol. The molecule has 2 amide bonds. The van der Waals surface area contributed by atoms with Crippen LogP contribution in [0.2, 0.25) is 0 Å². The highest BCUT2D eigenvalue weighted by Crippen LogP contribution is 2.23. The standard InChI is InChI=1S/C21H25N3O4S/c1-15-6-10-19(11-7-15)29(27,28)24(2)14-21(26)23-22-20(25)13-16-8-9-17-4-3-5-18(17)12-16/h6-12H,3-5,13-14H2,1-2H3,(H,22,25)(H,23,26). The van der Waals surface area contributed by atoms with Crippen molar-refractivity contribution in [2.24, 2.45) is 0 Å². The quantitative estimate of drug-likeness (QED) is 0.699. The first-order chi connectivity index (χ1) is 13.8. The summed E-state index contributed by atoms with van der Waals surface area (Å²) >= 11 is 0. The number of hydrogen-bond acceptors (Lipinski definition) is 4. The van der Waals surface area contributed by atoms with Crippen molar-refractivity contribution in [1.29, 1.82) is 0 Å². The SMILES string of the molecule is Cc1ccc(S(=O)(=O)N(C)CC(=O)NNC(=O)Cc2ccc3c(c2)CCC3)cc1. The number of nitrogens with one attached hydrogen (secondary N) is 2. The fourth-order valence-electron chi connectivity index (χ4n) is 3.32. The zero-order valence-electron chi connectivity index (χ0n) is 16.6. The number of fused-ring (bicyclic) bond motifs is 1. The summed E-state index contributed by atoms with van der Waals surface area (Å²) in [4.78, 5) is 24.3. The molecule has 0 aliphatic heterocycles. The van der Waals surface area contributed by atoms with Crippen LogP contribution >= 0.6 is 0 Å². The number of likely N-dealkylation sites (N-methyl/N-ethyl adjacent to an activating group) is 1. The number of rotatable bonds is 6. The molecule has 0 bridgehead atoms. The summed E-state index contributed by atoms with van der Waals surface area (Å²) in [6, 6.07) is 12.4. The molecule has 2 aromatic rings. The molecule has 1 aliphatic carbocycles. The van der Waals surface area contributed by atoms with Crippen LogP contribution in [0.1, 0.15) is 28.7 Å². The van der Waals surface area contributed by atoms with E-state index in [9.17, 15) is 18.0 Å². The van der Waals surface area contributed by atoms with Crippen molar-refractivity contribution in [1.82, 2.24) is 15.2 Å². The molecule has 8 heteroatoms. The van der Waals surface area contributed by atoms with Crippen LogP contribution in [0.25, 0.3) is 0 Å². The molecule has 0 radical (unpaired) electrons. The summed E-state index contributed by atoms with van der Waals surface area (Å²) in [5.41, 5.74) is 9.06. The molecular formula is C21H25N3O4S. The molecule has 29 heavy (non-hydrogen) atoms. The minimum Gasteiger partial charge on any atom is -0.273 e. The fourth-order valence-corrected chi connectivity index (χ4v) is 4.45. The first kappa shape index (κ1) is 21.0. The van der Waals surface area contributed by atoms with E-state index in [1.54, 1.807) is 12.1 Å². The van der Waals surface area contributed by atoms with Gasteiger partial charge in [0.15, 0.2) is 0 Å². The van der Waals surface area contributed by atoms with Gasteiger partial charge in [0.2, 0.25) is 15.9 Å². The molecule has 0 aromatic heterocycles. The second kappa shape index (κ2) is 8.75. The second-order valence-electron chi connectivity index (χ2n) is 7.30. The van der Waals surface area contributed by atoms with Gasteiger partial charge in [-0.25, -0.2) is 8.42 Å². The molecule has 0 heterocycles. The molecule has 3 rings (SSSR count).